The van der Waals surface area contributed by atoms with Crippen molar-refractivity contribution < 1.29 is 0 Å². The molecule has 0 unspecified atom stereocenters. The molecule has 0 bridgehead atoms. The zero-order chi connectivity index (χ0) is 35.6. The summed E-state index contributed by atoms with van der Waals surface area (Å²) < 4.78 is 0. The van der Waals surface area contributed by atoms with Crippen LogP contribution in [0.3, 0.4) is 0 Å². The summed E-state index contributed by atoms with van der Waals surface area (Å²) in [5, 5.41) is 0. The van der Waals surface area contributed by atoms with Crippen LogP contribution in [-0.4, -0.2) is 15.0 Å². The van der Waals surface area contributed by atoms with Crippen molar-refractivity contribution in [1.82, 2.24) is 15.0 Å². The molecular weight excluding hydrogens is 663 g/mol. The van der Waals surface area contributed by atoms with Gasteiger partial charge in [-0.3, -0.25) is 0 Å². The monoisotopic (exact) mass is 697 g/mol. The quantitative estimate of drug-likeness (QED) is 0.183. The van der Waals surface area contributed by atoms with E-state index in [4.69, 9.17) is 15.0 Å². The predicted molar refractivity (Wildman–Crippen MR) is 216 cm³/mol. The summed E-state index contributed by atoms with van der Waals surface area (Å²) in [6, 6.07) is 63.1. The van der Waals surface area contributed by atoms with Gasteiger partial charge >= 0.3 is 0 Å². The highest BCUT2D eigenvalue weighted by atomic mass is 32.2. The molecule has 1 aliphatic carbocycles. The van der Waals surface area contributed by atoms with Crippen molar-refractivity contribution in [2.24, 2.45) is 0 Å². The zero-order valence-electron chi connectivity index (χ0n) is 29.5. The van der Waals surface area contributed by atoms with Gasteiger partial charge in [0.05, 0.1) is 5.41 Å². The molecular formula is C49H35N3S. The van der Waals surface area contributed by atoms with Crippen LogP contribution in [-0.2, 0) is 10.8 Å². The van der Waals surface area contributed by atoms with E-state index in [1.54, 1.807) is 0 Å². The molecule has 1 aromatic heterocycles. The van der Waals surface area contributed by atoms with E-state index in [2.05, 4.69) is 166 Å². The van der Waals surface area contributed by atoms with Crippen molar-refractivity contribution in [3.05, 3.63) is 209 Å². The van der Waals surface area contributed by atoms with Crippen LogP contribution in [0, 0.1) is 0 Å². The lowest BCUT2D eigenvalue weighted by Gasteiger charge is -2.50. The van der Waals surface area contributed by atoms with E-state index in [-0.39, 0.29) is 5.41 Å². The van der Waals surface area contributed by atoms with E-state index in [1.807, 2.05) is 36.0 Å². The van der Waals surface area contributed by atoms with Crippen molar-refractivity contribution in [3.8, 4) is 45.3 Å². The predicted octanol–water partition coefficient (Wildman–Crippen LogP) is 12.0. The molecule has 53 heavy (non-hydrogen) atoms. The first kappa shape index (κ1) is 31.6. The van der Waals surface area contributed by atoms with Gasteiger partial charge in [0.15, 0.2) is 17.5 Å². The van der Waals surface area contributed by atoms with Gasteiger partial charge in [0.25, 0.3) is 0 Å². The Morgan fingerprint density at radius 2 is 0.792 bits per heavy atom. The van der Waals surface area contributed by atoms with Gasteiger partial charge in [-0.25, -0.2) is 15.0 Å². The molecule has 10 rings (SSSR count). The molecule has 7 aromatic carbocycles. The summed E-state index contributed by atoms with van der Waals surface area (Å²) in [7, 11) is 0. The van der Waals surface area contributed by atoms with Crippen LogP contribution in [0.2, 0.25) is 0 Å². The van der Waals surface area contributed by atoms with Gasteiger partial charge in [-0.05, 0) is 68.8 Å². The number of aromatic nitrogens is 3. The van der Waals surface area contributed by atoms with Gasteiger partial charge in [-0.1, -0.05) is 177 Å². The Kier molecular flexibility index (Phi) is 7.31. The Hall–Kier alpha value is -6.10. The van der Waals surface area contributed by atoms with Gasteiger partial charge in [0, 0.05) is 31.9 Å². The molecule has 4 heteroatoms. The van der Waals surface area contributed by atoms with Crippen molar-refractivity contribution >= 4 is 11.8 Å². The van der Waals surface area contributed by atoms with Crippen molar-refractivity contribution in [2.75, 3.05) is 0 Å². The maximum absolute atomic E-state index is 5.23. The fraction of sp³-hybridized carbons (Fsp3) is 0.0816. The van der Waals surface area contributed by atoms with Gasteiger partial charge in [0.2, 0.25) is 0 Å². The Morgan fingerprint density at radius 1 is 0.340 bits per heavy atom. The third-order valence-corrected chi connectivity index (χ3v) is 12.2. The second-order valence-electron chi connectivity index (χ2n) is 14.4. The van der Waals surface area contributed by atoms with Crippen molar-refractivity contribution in [1.29, 1.82) is 0 Å². The average Bonchev–Trinajstić information content (AvgIpc) is 3.23. The molecule has 8 aromatic rings. The van der Waals surface area contributed by atoms with Crippen LogP contribution in [0.4, 0.5) is 0 Å². The first-order valence-corrected chi connectivity index (χ1v) is 18.9. The first-order valence-electron chi connectivity index (χ1n) is 18.1. The van der Waals surface area contributed by atoms with Gasteiger partial charge in [-0.2, -0.15) is 0 Å². The highest BCUT2D eigenvalue weighted by Gasteiger charge is 2.52. The lowest BCUT2D eigenvalue weighted by molar-refractivity contribution is 0.549. The van der Waals surface area contributed by atoms with Crippen LogP contribution < -0.4 is 0 Å². The third-order valence-electron chi connectivity index (χ3n) is 11.1. The van der Waals surface area contributed by atoms with Crippen molar-refractivity contribution in [2.45, 2.75) is 34.5 Å². The molecule has 2 heterocycles. The molecule has 0 N–H and O–H groups in total. The maximum atomic E-state index is 5.23. The van der Waals surface area contributed by atoms with Gasteiger partial charge in [-0.15, -0.1) is 0 Å². The molecule has 0 amide bonds. The van der Waals surface area contributed by atoms with Crippen LogP contribution in [0.25, 0.3) is 45.3 Å². The number of nitrogens with zero attached hydrogens (tertiary/aromatic N) is 3. The SMILES string of the molecule is CC1(C)c2ccccc2C2(c3ccccc3Sc3ccccc32)c2ccc(-c3nc(-c4ccccc4)nc(-c4cccc(-c5ccccc5)c4)n3)cc21. The smallest absolute Gasteiger partial charge is 0.164 e. The first-order chi connectivity index (χ1) is 26.0. The van der Waals surface area contributed by atoms with E-state index in [1.165, 1.54) is 43.2 Å². The number of fused-ring (bicyclic) bond motifs is 8. The van der Waals surface area contributed by atoms with E-state index in [0.29, 0.717) is 17.5 Å². The van der Waals surface area contributed by atoms with Crippen molar-refractivity contribution in [3.63, 3.8) is 0 Å². The molecule has 3 nitrogen and oxygen atoms in total. The second-order valence-corrected chi connectivity index (χ2v) is 15.5. The topological polar surface area (TPSA) is 38.7 Å². The summed E-state index contributed by atoms with van der Waals surface area (Å²) in [6.45, 7) is 4.72. The van der Waals surface area contributed by atoms with Crippen LogP contribution in [0.5, 0.6) is 0 Å². The van der Waals surface area contributed by atoms with E-state index >= 15 is 0 Å². The van der Waals surface area contributed by atoms with Crippen LogP contribution >= 0.6 is 11.8 Å². The Labute approximate surface area is 314 Å². The normalized spacial score (nSPS) is 14.5. The summed E-state index contributed by atoms with van der Waals surface area (Å²) >= 11 is 1.87. The molecule has 2 aliphatic rings. The minimum Gasteiger partial charge on any atom is -0.208 e. The van der Waals surface area contributed by atoms with E-state index in [0.717, 1.165) is 27.8 Å². The van der Waals surface area contributed by atoms with E-state index in [9.17, 15) is 0 Å². The number of benzene rings is 7. The molecule has 0 saturated heterocycles. The van der Waals surface area contributed by atoms with Crippen LogP contribution in [0.1, 0.15) is 47.2 Å². The molecule has 0 fully saturated rings. The molecule has 252 valence electrons. The number of rotatable bonds is 4. The molecule has 0 saturated carbocycles. The Morgan fingerprint density at radius 3 is 1.43 bits per heavy atom. The van der Waals surface area contributed by atoms with E-state index < -0.39 is 5.41 Å². The summed E-state index contributed by atoms with van der Waals surface area (Å²) in [4.78, 5) is 18.1. The summed E-state index contributed by atoms with van der Waals surface area (Å²) in [5.74, 6) is 1.96. The molecule has 0 atom stereocenters. The minimum absolute atomic E-state index is 0.288. The lowest BCUT2D eigenvalue weighted by Crippen LogP contribution is -2.43. The maximum Gasteiger partial charge on any atom is 0.164 e. The second kappa shape index (κ2) is 12.3. The fourth-order valence-corrected chi connectivity index (χ4v) is 9.76. The van der Waals surface area contributed by atoms with Gasteiger partial charge < -0.3 is 0 Å². The standard InChI is InChI=1S/C49H35N3S/c1-48(2)37-22-9-10-23-38(37)49(40-24-11-13-26-43(40)53-44-27-14-12-25-41(44)49)39-29-28-36(31-42(39)48)47-51-45(33-18-7-4-8-19-33)50-46(52-47)35-21-15-20-34(30-35)32-16-5-3-6-17-32/h3-31H,1-2H3. The minimum atomic E-state index is -0.476. The Balaban J connectivity index is 1.22. The lowest BCUT2D eigenvalue weighted by atomic mass is 9.54. The third kappa shape index (κ3) is 4.93. The molecule has 1 spiro atoms. The van der Waals surface area contributed by atoms with Crippen LogP contribution in [0.15, 0.2) is 186 Å². The summed E-state index contributed by atoms with van der Waals surface area (Å²) in [6.07, 6.45) is 0. The zero-order valence-corrected chi connectivity index (χ0v) is 30.3. The van der Waals surface area contributed by atoms with Gasteiger partial charge in [0.1, 0.15) is 0 Å². The Bertz CT molecular complexity index is 2640. The highest BCUT2D eigenvalue weighted by Crippen LogP contribution is 2.61. The average molecular weight is 698 g/mol. The number of hydrogen-bond donors (Lipinski definition) is 0. The molecule has 0 radical (unpaired) electrons. The summed E-state index contributed by atoms with van der Waals surface area (Å²) in [5.41, 5.74) is 12.3. The molecule has 1 aliphatic heterocycles. The fourth-order valence-electron chi connectivity index (χ4n) is 8.57. The largest absolute Gasteiger partial charge is 0.208 e. The number of hydrogen-bond acceptors (Lipinski definition) is 4. The highest BCUT2D eigenvalue weighted by molar-refractivity contribution is 7.99.